The molecule has 0 saturated heterocycles. The van der Waals surface area contributed by atoms with Crippen LogP contribution in [0, 0.1) is 17.8 Å². The van der Waals surface area contributed by atoms with Gasteiger partial charge in [0, 0.05) is 17.4 Å². The molecule has 1 N–H and O–H groups in total. The summed E-state index contributed by atoms with van der Waals surface area (Å²) in [6.45, 7) is 2.02. The average Bonchev–Trinajstić information content (AvgIpc) is 3.13. The van der Waals surface area contributed by atoms with Gasteiger partial charge in [-0.15, -0.1) is 0 Å². The largest absolute Gasteiger partial charge is 0.506 e. The number of phenolic OH excluding ortho intramolecular Hbond substituents is 1. The van der Waals surface area contributed by atoms with Crippen LogP contribution in [0.3, 0.4) is 0 Å². The Hall–Kier alpha value is -1.59. The molecule has 7 rings (SSSR count). The van der Waals surface area contributed by atoms with E-state index < -0.39 is 0 Å². The molecule has 0 radical (unpaired) electrons. The number of hydrogen-bond donors (Lipinski definition) is 1. The summed E-state index contributed by atoms with van der Waals surface area (Å²) in [5.74, 6) is 3.39. The van der Waals surface area contributed by atoms with Crippen LogP contribution in [-0.4, -0.2) is 10.9 Å². The van der Waals surface area contributed by atoms with Gasteiger partial charge in [0.15, 0.2) is 5.78 Å². The van der Waals surface area contributed by atoms with E-state index in [1.54, 1.807) is 12.1 Å². The first-order valence-corrected chi connectivity index (χ1v) is 13.2. The monoisotopic (exact) mass is 556 g/mol. The first kappa shape index (κ1) is 21.0. The lowest BCUT2D eigenvalue weighted by molar-refractivity contribution is -0.00513. The molecule has 3 aromatic rings. The van der Waals surface area contributed by atoms with Gasteiger partial charge in [-0.25, -0.2) is 0 Å². The van der Waals surface area contributed by atoms with Gasteiger partial charge in [0.25, 0.3) is 0 Å². The molecule has 2 aromatic carbocycles. The fourth-order valence-electron chi connectivity index (χ4n) is 7.28. The van der Waals surface area contributed by atoms with E-state index in [0.29, 0.717) is 26.5 Å². The SMILES string of the molecule is CCc1oc2ccc(C34CC5CC(CC(C5)C3)C4)cc2c1C(=O)c1cc(Br)c(O)c(Br)c1. The fourth-order valence-corrected chi connectivity index (χ4v) is 8.47. The van der Waals surface area contributed by atoms with E-state index in [9.17, 15) is 9.90 Å². The topological polar surface area (TPSA) is 50.4 Å². The molecular weight excluding hydrogens is 532 g/mol. The van der Waals surface area contributed by atoms with Gasteiger partial charge in [-0.2, -0.15) is 0 Å². The van der Waals surface area contributed by atoms with Crippen molar-refractivity contribution in [3.05, 3.63) is 61.7 Å². The van der Waals surface area contributed by atoms with Crippen LogP contribution in [0.25, 0.3) is 11.0 Å². The molecular formula is C27H26Br2O3. The second kappa shape index (κ2) is 7.46. The minimum absolute atomic E-state index is 0.0651. The van der Waals surface area contributed by atoms with Crippen molar-refractivity contribution in [2.45, 2.75) is 57.3 Å². The van der Waals surface area contributed by atoms with Gasteiger partial charge in [0.05, 0.1) is 14.5 Å². The van der Waals surface area contributed by atoms with E-state index in [4.69, 9.17) is 4.42 Å². The maximum absolute atomic E-state index is 13.7. The Morgan fingerprint density at radius 2 is 1.62 bits per heavy atom. The number of fused-ring (bicyclic) bond motifs is 1. The van der Waals surface area contributed by atoms with Crippen LogP contribution in [-0.2, 0) is 11.8 Å². The van der Waals surface area contributed by atoms with Crippen molar-refractivity contribution in [3.63, 3.8) is 0 Å². The number of benzene rings is 2. The molecule has 4 aliphatic carbocycles. The Kier molecular flexibility index (Phi) is 4.89. The lowest BCUT2D eigenvalue weighted by Crippen LogP contribution is -2.48. The molecule has 1 aromatic heterocycles. The van der Waals surface area contributed by atoms with Gasteiger partial charge in [-0.05, 0) is 123 Å². The number of carbonyl (C=O) groups is 1. The molecule has 0 amide bonds. The lowest BCUT2D eigenvalue weighted by atomic mass is 9.48. The molecule has 0 atom stereocenters. The van der Waals surface area contributed by atoms with Crippen molar-refractivity contribution in [1.29, 1.82) is 0 Å². The molecule has 0 aliphatic heterocycles. The zero-order valence-corrected chi connectivity index (χ0v) is 21.3. The summed E-state index contributed by atoms with van der Waals surface area (Å²) in [7, 11) is 0. The number of halogens is 2. The third kappa shape index (κ3) is 3.14. The van der Waals surface area contributed by atoms with Crippen molar-refractivity contribution >= 4 is 48.6 Å². The van der Waals surface area contributed by atoms with E-state index in [-0.39, 0.29) is 16.9 Å². The second-order valence-electron chi connectivity index (χ2n) is 10.3. The predicted octanol–water partition coefficient (Wildman–Crippen LogP) is 7.92. The first-order chi connectivity index (χ1) is 15.4. The molecule has 32 heavy (non-hydrogen) atoms. The Balaban J connectivity index is 1.48. The van der Waals surface area contributed by atoms with Crippen LogP contribution in [0.5, 0.6) is 5.75 Å². The molecule has 1 heterocycles. The zero-order chi connectivity index (χ0) is 22.2. The van der Waals surface area contributed by atoms with Crippen LogP contribution in [0.2, 0.25) is 0 Å². The molecule has 5 heteroatoms. The number of furan rings is 1. The summed E-state index contributed by atoms with van der Waals surface area (Å²) in [5.41, 5.74) is 3.65. The maximum Gasteiger partial charge on any atom is 0.197 e. The van der Waals surface area contributed by atoms with E-state index in [1.807, 2.05) is 6.92 Å². The van der Waals surface area contributed by atoms with E-state index in [1.165, 1.54) is 44.1 Å². The molecule has 4 fully saturated rings. The molecule has 166 valence electrons. The molecule has 3 nitrogen and oxygen atoms in total. The van der Waals surface area contributed by atoms with Crippen LogP contribution >= 0.6 is 31.9 Å². The number of rotatable bonds is 4. The Labute approximate surface area is 204 Å². The van der Waals surface area contributed by atoms with Gasteiger partial charge in [-0.1, -0.05) is 13.0 Å². The van der Waals surface area contributed by atoms with Crippen LogP contribution < -0.4 is 0 Å². The highest BCUT2D eigenvalue weighted by molar-refractivity contribution is 9.11. The summed E-state index contributed by atoms with van der Waals surface area (Å²) in [6.07, 6.45) is 8.80. The van der Waals surface area contributed by atoms with Crippen LogP contribution in [0.4, 0.5) is 0 Å². The predicted molar refractivity (Wildman–Crippen MR) is 132 cm³/mol. The van der Waals surface area contributed by atoms with E-state index >= 15 is 0 Å². The summed E-state index contributed by atoms with van der Waals surface area (Å²) in [4.78, 5) is 13.7. The maximum atomic E-state index is 13.7. The van der Waals surface area contributed by atoms with E-state index in [2.05, 4.69) is 50.1 Å². The van der Waals surface area contributed by atoms with Crippen LogP contribution in [0.1, 0.15) is 72.7 Å². The van der Waals surface area contributed by atoms with Crippen molar-refractivity contribution in [2.75, 3.05) is 0 Å². The van der Waals surface area contributed by atoms with Gasteiger partial charge in [-0.3, -0.25) is 4.79 Å². The average molecular weight is 558 g/mol. The first-order valence-electron chi connectivity index (χ1n) is 11.7. The zero-order valence-electron chi connectivity index (χ0n) is 18.1. The molecule has 4 aliphatic rings. The van der Waals surface area contributed by atoms with Gasteiger partial charge in [0.1, 0.15) is 17.1 Å². The van der Waals surface area contributed by atoms with Gasteiger partial charge in [0.2, 0.25) is 0 Å². The molecule has 4 bridgehead atoms. The minimum Gasteiger partial charge on any atom is -0.506 e. The standard InChI is InChI=1S/C27H26Br2O3/c1-2-22-24(25(30)17-8-20(28)26(31)21(29)9-17)19-10-18(3-4-23(19)32-22)27-11-14-5-15(12-27)7-16(6-14)13-27/h3-4,8-10,14-16,31H,2,5-7,11-13H2,1H3. The fraction of sp³-hybridized carbons (Fsp3) is 0.444. The number of ketones is 1. The normalized spacial score (nSPS) is 28.5. The summed E-state index contributed by atoms with van der Waals surface area (Å²) < 4.78 is 7.15. The van der Waals surface area contributed by atoms with Crippen molar-refractivity contribution in [3.8, 4) is 5.75 Å². The number of carbonyl (C=O) groups excluding carboxylic acids is 1. The molecule has 0 spiro atoms. The number of aromatic hydroxyl groups is 1. The Morgan fingerprint density at radius 1 is 1.03 bits per heavy atom. The number of hydrogen-bond acceptors (Lipinski definition) is 3. The summed E-state index contributed by atoms with van der Waals surface area (Å²) in [6, 6.07) is 9.98. The van der Waals surface area contributed by atoms with Crippen molar-refractivity contribution in [2.24, 2.45) is 17.8 Å². The number of phenols is 1. The van der Waals surface area contributed by atoms with Gasteiger partial charge < -0.3 is 9.52 Å². The third-order valence-corrected chi connectivity index (χ3v) is 9.45. The second-order valence-corrected chi connectivity index (χ2v) is 12.0. The Bertz CT molecular complexity index is 1200. The van der Waals surface area contributed by atoms with Gasteiger partial charge >= 0.3 is 0 Å². The van der Waals surface area contributed by atoms with Crippen molar-refractivity contribution in [1.82, 2.24) is 0 Å². The minimum atomic E-state index is -0.0651. The molecule has 0 unspecified atom stereocenters. The third-order valence-electron chi connectivity index (χ3n) is 8.24. The molecule has 4 saturated carbocycles. The highest BCUT2D eigenvalue weighted by Gasteiger charge is 2.51. The highest BCUT2D eigenvalue weighted by atomic mass is 79.9. The smallest absolute Gasteiger partial charge is 0.197 e. The summed E-state index contributed by atoms with van der Waals surface area (Å²) >= 11 is 6.72. The summed E-state index contributed by atoms with van der Waals surface area (Å²) in [5, 5.41) is 11.0. The Morgan fingerprint density at radius 3 is 2.19 bits per heavy atom. The van der Waals surface area contributed by atoms with Crippen LogP contribution in [0.15, 0.2) is 43.7 Å². The van der Waals surface area contributed by atoms with Crippen molar-refractivity contribution < 1.29 is 14.3 Å². The lowest BCUT2D eigenvalue weighted by Gasteiger charge is -2.57. The quantitative estimate of drug-likeness (QED) is 0.331. The number of aryl methyl sites for hydroxylation is 1. The van der Waals surface area contributed by atoms with E-state index in [0.717, 1.165) is 34.5 Å². The highest BCUT2D eigenvalue weighted by Crippen LogP contribution is 2.61.